The number of H-pyrrole nitrogens is 1. The van der Waals surface area contributed by atoms with Crippen molar-refractivity contribution in [1.29, 1.82) is 0 Å². The second-order valence-corrected chi connectivity index (χ2v) is 8.02. The number of aromatic nitrogens is 2. The van der Waals surface area contributed by atoms with Crippen molar-refractivity contribution in [3.63, 3.8) is 0 Å². The largest absolute Gasteiger partial charge is 0.334 e. The quantitative estimate of drug-likeness (QED) is 0.488. The van der Waals surface area contributed by atoms with Gasteiger partial charge in [-0.25, -0.2) is 17.9 Å². The number of aryl methyl sites for hydroxylation is 1. The van der Waals surface area contributed by atoms with Gasteiger partial charge in [0, 0.05) is 30.5 Å². The van der Waals surface area contributed by atoms with E-state index in [1.165, 1.54) is 24.3 Å². The van der Waals surface area contributed by atoms with Crippen molar-refractivity contribution in [3.8, 4) is 0 Å². The van der Waals surface area contributed by atoms with E-state index < -0.39 is 16.1 Å². The molecule has 0 radical (unpaired) electrons. The molecule has 1 aromatic heterocycles. The molecule has 0 aliphatic heterocycles. The van der Waals surface area contributed by atoms with Crippen LogP contribution in [0.2, 0.25) is 0 Å². The van der Waals surface area contributed by atoms with Gasteiger partial charge in [0.05, 0.1) is 11.1 Å². The number of sulfonamides is 1. The van der Waals surface area contributed by atoms with E-state index in [4.69, 9.17) is 0 Å². The molecule has 0 aliphatic rings. The molecule has 0 aliphatic carbocycles. The molecule has 3 aromatic rings. The van der Waals surface area contributed by atoms with Gasteiger partial charge in [-0.2, -0.15) is 5.10 Å². The summed E-state index contributed by atoms with van der Waals surface area (Å²) in [6.45, 7) is 2.51. The Hall–Kier alpha value is -3.17. The summed E-state index contributed by atoms with van der Waals surface area (Å²) in [4.78, 5) is 12.0. The summed E-state index contributed by atoms with van der Waals surface area (Å²) >= 11 is 0. The third kappa shape index (κ3) is 5.41. The van der Waals surface area contributed by atoms with Crippen molar-refractivity contribution in [2.24, 2.45) is 0 Å². The first-order valence-corrected chi connectivity index (χ1v) is 10.1. The molecule has 28 heavy (non-hydrogen) atoms. The van der Waals surface area contributed by atoms with E-state index in [-0.39, 0.29) is 11.4 Å². The fourth-order valence-electron chi connectivity index (χ4n) is 2.42. The molecule has 146 valence electrons. The molecule has 9 heteroatoms. The Kier molecular flexibility index (Phi) is 6.07. The average molecular weight is 399 g/mol. The minimum Gasteiger partial charge on any atom is -0.334 e. The molecule has 2 amide bonds. The zero-order valence-electron chi connectivity index (χ0n) is 15.3. The summed E-state index contributed by atoms with van der Waals surface area (Å²) in [5, 5.41) is 11.8. The van der Waals surface area contributed by atoms with E-state index in [2.05, 4.69) is 25.6 Å². The van der Waals surface area contributed by atoms with Crippen molar-refractivity contribution < 1.29 is 13.2 Å². The van der Waals surface area contributed by atoms with E-state index in [0.717, 1.165) is 16.7 Å². The van der Waals surface area contributed by atoms with Gasteiger partial charge in [0.2, 0.25) is 10.0 Å². The average Bonchev–Trinajstić information content (AvgIpc) is 3.20. The number of carbonyl (C=O) groups is 1. The number of nitrogens with one attached hydrogen (secondary N) is 4. The molecule has 2 aromatic carbocycles. The van der Waals surface area contributed by atoms with E-state index in [9.17, 15) is 13.2 Å². The molecule has 3 rings (SSSR count). The van der Waals surface area contributed by atoms with Crippen LogP contribution in [0.1, 0.15) is 16.7 Å². The van der Waals surface area contributed by atoms with Crippen molar-refractivity contribution >= 4 is 21.7 Å². The Morgan fingerprint density at radius 2 is 1.71 bits per heavy atom. The second kappa shape index (κ2) is 8.68. The summed E-state index contributed by atoms with van der Waals surface area (Å²) in [5.41, 5.74) is 3.32. The van der Waals surface area contributed by atoms with Crippen molar-refractivity contribution in [1.82, 2.24) is 20.2 Å². The molecular weight excluding hydrogens is 378 g/mol. The first kappa shape index (κ1) is 19.6. The van der Waals surface area contributed by atoms with Crippen LogP contribution in [0.5, 0.6) is 0 Å². The lowest BCUT2D eigenvalue weighted by molar-refractivity contribution is 0.251. The number of anilines is 1. The molecule has 1 heterocycles. The van der Waals surface area contributed by atoms with Crippen LogP contribution < -0.4 is 15.4 Å². The Morgan fingerprint density at radius 3 is 2.36 bits per heavy atom. The highest BCUT2D eigenvalue weighted by Crippen LogP contribution is 2.14. The number of carbonyl (C=O) groups excluding carboxylic acids is 1. The Labute approximate surface area is 163 Å². The van der Waals surface area contributed by atoms with Crippen LogP contribution in [0.3, 0.4) is 0 Å². The van der Waals surface area contributed by atoms with E-state index >= 15 is 0 Å². The predicted octanol–water partition coefficient (Wildman–Crippen LogP) is 2.52. The molecule has 0 spiro atoms. The van der Waals surface area contributed by atoms with Gasteiger partial charge in [0.15, 0.2) is 0 Å². The first-order chi connectivity index (χ1) is 13.4. The van der Waals surface area contributed by atoms with E-state index in [1.54, 1.807) is 12.4 Å². The Bertz CT molecular complexity index is 1010. The van der Waals surface area contributed by atoms with Crippen LogP contribution in [-0.4, -0.2) is 24.6 Å². The number of hydrogen-bond donors (Lipinski definition) is 4. The number of benzene rings is 2. The van der Waals surface area contributed by atoms with Gasteiger partial charge in [0.1, 0.15) is 0 Å². The van der Waals surface area contributed by atoms with Crippen LogP contribution in [0, 0.1) is 6.92 Å². The molecule has 4 N–H and O–H groups in total. The predicted molar refractivity (Wildman–Crippen MR) is 106 cm³/mol. The summed E-state index contributed by atoms with van der Waals surface area (Å²) in [5.74, 6) is 0. The number of urea groups is 1. The lowest BCUT2D eigenvalue weighted by atomic mass is 10.2. The smallest absolute Gasteiger partial charge is 0.319 e. The van der Waals surface area contributed by atoms with Gasteiger partial charge in [-0.15, -0.1) is 0 Å². The number of amides is 2. The summed E-state index contributed by atoms with van der Waals surface area (Å²) in [6, 6.07) is 13.2. The lowest BCUT2D eigenvalue weighted by Gasteiger charge is -2.09. The zero-order chi connectivity index (χ0) is 20.0. The molecule has 0 fully saturated rings. The molecule has 0 saturated carbocycles. The summed E-state index contributed by atoms with van der Waals surface area (Å²) < 4.78 is 27.4. The molecule has 0 saturated heterocycles. The minimum atomic E-state index is -3.64. The highest BCUT2D eigenvalue weighted by Gasteiger charge is 2.14. The van der Waals surface area contributed by atoms with Crippen molar-refractivity contribution in [2.45, 2.75) is 24.9 Å². The lowest BCUT2D eigenvalue weighted by Crippen LogP contribution is -2.28. The highest BCUT2D eigenvalue weighted by atomic mass is 32.2. The van der Waals surface area contributed by atoms with Gasteiger partial charge in [-0.3, -0.25) is 5.10 Å². The van der Waals surface area contributed by atoms with E-state index in [0.29, 0.717) is 12.2 Å². The van der Waals surface area contributed by atoms with Crippen LogP contribution >= 0.6 is 0 Å². The number of aromatic amines is 1. The Morgan fingerprint density at radius 1 is 1.00 bits per heavy atom. The van der Waals surface area contributed by atoms with Gasteiger partial charge in [-0.05, 0) is 36.8 Å². The number of rotatable bonds is 7. The van der Waals surface area contributed by atoms with Gasteiger partial charge in [-0.1, -0.05) is 29.8 Å². The van der Waals surface area contributed by atoms with Crippen LogP contribution in [-0.2, 0) is 23.1 Å². The number of hydrogen-bond acceptors (Lipinski definition) is 4. The van der Waals surface area contributed by atoms with Gasteiger partial charge >= 0.3 is 6.03 Å². The van der Waals surface area contributed by atoms with Crippen LogP contribution in [0.4, 0.5) is 10.5 Å². The normalized spacial score (nSPS) is 11.2. The maximum absolute atomic E-state index is 12.4. The minimum absolute atomic E-state index is 0.129. The second-order valence-electron chi connectivity index (χ2n) is 6.25. The Balaban J connectivity index is 1.54. The van der Waals surface area contributed by atoms with Crippen molar-refractivity contribution in [3.05, 3.63) is 77.6 Å². The topological polar surface area (TPSA) is 116 Å². The summed E-state index contributed by atoms with van der Waals surface area (Å²) in [6.07, 6.45) is 3.30. The van der Waals surface area contributed by atoms with Gasteiger partial charge < -0.3 is 10.6 Å². The first-order valence-electron chi connectivity index (χ1n) is 8.60. The van der Waals surface area contributed by atoms with Crippen LogP contribution in [0.25, 0.3) is 0 Å². The van der Waals surface area contributed by atoms with Gasteiger partial charge in [0.25, 0.3) is 0 Å². The molecule has 0 unspecified atom stereocenters. The SMILES string of the molecule is Cc1ccc(CNS(=O)(=O)c2ccc(NC(=O)NCc3cn[nH]c3)cc2)cc1. The third-order valence-corrected chi connectivity index (χ3v) is 5.43. The van der Waals surface area contributed by atoms with E-state index in [1.807, 2.05) is 31.2 Å². The monoisotopic (exact) mass is 399 g/mol. The van der Waals surface area contributed by atoms with Crippen LogP contribution in [0.15, 0.2) is 65.8 Å². The zero-order valence-corrected chi connectivity index (χ0v) is 16.1. The fourth-order valence-corrected chi connectivity index (χ4v) is 3.43. The fraction of sp³-hybridized carbons (Fsp3) is 0.158. The molecule has 0 bridgehead atoms. The highest BCUT2D eigenvalue weighted by molar-refractivity contribution is 7.89. The number of nitrogens with zero attached hydrogens (tertiary/aromatic N) is 1. The molecular formula is C19H21N5O3S. The maximum atomic E-state index is 12.4. The maximum Gasteiger partial charge on any atom is 0.319 e. The standard InChI is InChI=1S/C19H21N5O3S/c1-14-2-4-15(5-3-14)13-23-28(26,27)18-8-6-17(7-9-18)24-19(25)20-10-16-11-21-22-12-16/h2-9,11-12,23H,10,13H2,1H3,(H,21,22)(H2,20,24,25). The van der Waals surface area contributed by atoms with Crippen molar-refractivity contribution in [2.75, 3.05) is 5.32 Å². The molecule has 0 atom stereocenters. The molecule has 8 nitrogen and oxygen atoms in total. The third-order valence-electron chi connectivity index (χ3n) is 4.02. The summed E-state index contributed by atoms with van der Waals surface area (Å²) in [7, 11) is -3.64.